The second-order valence-electron chi connectivity index (χ2n) is 10.3. The Hall–Kier alpha value is -1.30. The van der Waals surface area contributed by atoms with Gasteiger partial charge in [-0.1, -0.05) is 69.2 Å². The molecule has 6 heteroatoms. The summed E-state index contributed by atoms with van der Waals surface area (Å²) in [6.07, 6.45) is 11.9. The maximum atomic E-state index is 13.3. The highest BCUT2D eigenvalue weighted by Gasteiger charge is 2.32. The number of amides is 2. The minimum absolute atomic E-state index is 0.0377. The number of urea groups is 1. The smallest absolute Gasteiger partial charge is 0.317 e. The molecule has 1 saturated heterocycles. The van der Waals surface area contributed by atoms with E-state index in [1.54, 1.807) is 0 Å². The number of ether oxygens (including phenoxy) is 1. The number of rotatable bonds is 10. The highest BCUT2D eigenvalue weighted by Crippen LogP contribution is 2.34. The molecule has 4 atom stereocenters. The molecule has 3 N–H and O–H groups in total. The minimum Gasteiger partial charge on any atom is -0.372 e. The van der Waals surface area contributed by atoms with Gasteiger partial charge in [0.25, 0.3) is 0 Å². The first-order valence-electron chi connectivity index (χ1n) is 13.1. The first-order chi connectivity index (χ1) is 16.0. The van der Waals surface area contributed by atoms with Gasteiger partial charge in [0.1, 0.15) is 0 Å². The predicted molar refractivity (Wildman–Crippen MR) is 137 cm³/mol. The molecule has 33 heavy (non-hydrogen) atoms. The van der Waals surface area contributed by atoms with Crippen LogP contribution < -0.4 is 11.1 Å². The summed E-state index contributed by atoms with van der Waals surface area (Å²) >= 11 is 6.28. The SMILES string of the molecule is CCC[C@H](CC1CCCCC1)NC(=O)N1CCC[C@@H]([C@@H](OCC(C)N)c2cccc(Cl)c2)C1. The summed E-state index contributed by atoms with van der Waals surface area (Å²) in [4.78, 5) is 15.3. The van der Waals surface area contributed by atoms with E-state index in [0.717, 1.165) is 50.1 Å². The molecule has 3 rings (SSSR count). The van der Waals surface area contributed by atoms with Gasteiger partial charge in [0, 0.05) is 36.1 Å². The zero-order chi connectivity index (χ0) is 23.6. The molecule has 1 unspecified atom stereocenters. The first-order valence-corrected chi connectivity index (χ1v) is 13.5. The van der Waals surface area contributed by atoms with E-state index >= 15 is 0 Å². The van der Waals surface area contributed by atoms with Crippen molar-refractivity contribution < 1.29 is 9.53 Å². The van der Waals surface area contributed by atoms with Gasteiger partial charge in [-0.25, -0.2) is 4.79 Å². The number of piperidine rings is 1. The summed E-state index contributed by atoms with van der Waals surface area (Å²) < 4.78 is 6.29. The maximum Gasteiger partial charge on any atom is 0.317 e. The highest BCUT2D eigenvalue weighted by molar-refractivity contribution is 6.30. The molecular weight excluding hydrogens is 434 g/mol. The lowest BCUT2D eigenvalue weighted by Gasteiger charge is -2.38. The molecule has 5 nitrogen and oxygen atoms in total. The summed E-state index contributed by atoms with van der Waals surface area (Å²) in [5.41, 5.74) is 7.05. The van der Waals surface area contributed by atoms with Gasteiger partial charge in [-0.05, 0) is 56.2 Å². The largest absolute Gasteiger partial charge is 0.372 e. The molecule has 2 amide bonds. The Morgan fingerprint density at radius 3 is 2.73 bits per heavy atom. The lowest BCUT2D eigenvalue weighted by atomic mass is 9.84. The zero-order valence-corrected chi connectivity index (χ0v) is 21.4. The third-order valence-electron chi connectivity index (χ3n) is 7.20. The van der Waals surface area contributed by atoms with Crippen molar-refractivity contribution in [1.29, 1.82) is 0 Å². The Bertz CT molecular complexity index is 723. The average Bonchev–Trinajstić information content (AvgIpc) is 2.80. The second kappa shape index (κ2) is 13.6. The summed E-state index contributed by atoms with van der Waals surface area (Å²) in [6.45, 7) is 6.16. The van der Waals surface area contributed by atoms with Crippen molar-refractivity contribution >= 4 is 17.6 Å². The van der Waals surface area contributed by atoms with E-state index in [9.17, 15) is 4.79 Å². The Kier molecular flexibility index (Phi) is 10.8. The zero-order valence-electron chi connectivity index (χ0n) is 20.6. The summed E-state index contributed by atoms with van der Waals surface area (Å²) in [5.74, 6) is 0.994. The van der Waals surface area contributed by atoms with E-state index < -0.39 is 0 Å². The van der Waals surface area contributed by atoms with Crippen molar-refractivity contribution in [2.75, 3.05) is 19.7 Å². The number of likely N-dealkylation sites (tertiary alicyclic amines) is 1. The van der Waals surface area contributed by atoms with Gasteiger partial charge in [-0.15, -0.1) is 0 Å². The van der Waals surface area contributed by atoms with Crippen molar-refractivity contribution in [3.63, 3.8) is 0 Å². The predicted octanol–water partition coefficient (Wildman–Crippen LogP) is 6.31. The Balaban J connectivity index is 1.63. The van der Waals surface area contributed by atoms with Crippen LogP contribution in [-0.2, 0) is 4.74 Å². The number of nitrogens with two attached hydrogens (primary N) is 1. The topological polar surface area (TPSA) is 67.6 Å². The van der Waals surface area contributed by atoms with Crippen molar-refractivity contribution in [3.8, 4) is 0 Å². The van der Waals surface area contributed by atoms with Crippen LogP contribution in [0.25, 0.3) is 0 Å². The molecule has 1 heterocycles. The van der Waals surface area contributed by atoms with E-state index in [4.69, 9.17) is 22.1 Å². The molecule has 2 aliphatic rings. The van der Waals surface area contributed by atoms with Crippen molar-refractivity contribution in [3.05, 3.63) is 34.9 Å². The molecule has 1 aliphatic heterocycles. The van der Waals surface area contributed by atoms with Crippen molar-refractivity contribution in [2.45, 2.75) is 96.2 Å². The van der Waals surface area contributed by atoms with Gasteiger partial charge in [0.15, 0.2) is 0 Å². The fourth-order valence-corrected chi connectivity index (χ4v) is 5.77. The Labute approximate surface area is 205 Å². The minimum atomic E-state index is -0.112. The van der Waals surface area contributed by atoms with Crippen LogP contribution in [0.3, 0.4) is 0 Å². The summed E-state index contributed by atoms with van der Waals surface area (Å²) in [7, 11) is 0. The Morgan fingerprint density at radius 1 is 1.24 bits per heavy atom. The van der Waals surface area contributed by atoms with Crippen LogP contribution in [0.1, 0.15) is 89.7 Å². The number of carbonyl (C=O) groups excluding carboxylic acids is 1. The fourth-order valence-electron chi connectivity index (χ4n) is 5.57. The molecule has 1 aliphatic carbocycles. The lowest BCUT2D eigenvalue weighted by Crippen LogP contribution is -2.50. The quantitative estimate of drug-likeness (QED) is 0.415. The van der Waals surface area contributed by atoms with Gasteiger partial charge in [0.05, 0.1) is 12.7 Å². The fraction of sp³-hybridized carbons (Fsp3) is 0.741. The normalized spacial score (nSPS) is 22.5. The van der Waals surface area contributed by atoms with Crippen LogP contribution in [0, 0.1) is 11.8 Å². The standard InChI is InChI=1S/C27H44ClN3O2/c1-3-9-25(16-21-10-5-4-6-11-21)30-27(32)31-15-8-13-23(18-31)26(33-19-20(2)29)22-12-7-14-24(28)17-22/h7,12,14,17,20-21,23,25-26H,3-6,8-11,13,15-16,18-19,29H2,1-2H3,(H,30,32)/t20?,23-,25-,26+/m1/s1. The average molecular weight is 478 g/mol. The molecule has 0 bridgehead atoms. The van der Waals surface area contributed by atoms with Crippen LogP contribution in [0.4, 0.5) is 4.79 Å². The molecule has 1 aromatic rings. The number of hydrogen-bond donors (Lipinski definition) is 2. The van der Waals surface area contributed by atoms with E-state index in [1.807, 2.05) is 30.0 Å². The summed E-state index contributed by atoms with van der Waals surface area (Å²) in [5, 5.41) is 4.10. The van der Waals surface area contributed by atoms with Crippen LogP contribution in [0.15, 0.2) is 24.3 Å². The van der Waals surface area contributed by atoms with Gasteiger partial charge in [0.2, 0.25) is 0 Å². The number of carbonyl (C=O) groups is 1. The maximum absolute atomic E-state index is 13.3. The third-order valence-corrected chi connectivity index (χ3v) is 7.43. The van der Waals surface area contributed by atoms with Crippen LogP contribution >= 0.6 is 11.6 Å². The monoisotopic (exact) mass is 477 g/mol. The number of hydrogen-bond acceptors (Lipinski definition) is 3. The number of benzene rings is 1. The molecule has 1 aromatic carbocycles. The van der Waals surface area contributed by atoms with Gasteiger partial charge in [-0.2, -0.15) is 0 Å². The van der Waals surface area contributed by atoms with Gasteiger partial charge in [-0.3, -0.25) is 0 Å². The van der Waals surface area contributed by atoms with Gasteiger partial charge >= 0.3 is 6.03 Å². The van der Waals surface area contributed by atoms with Crippen LogP contribution in [-0.4, -0.2) is 42.7 Å². The number of nitrogens with zero attached hydrogens (tertiary/aromatic N) is 1. The molecule has 1 saturated carbocycles. The highest BCUT2D eigenvalue weighted by atomic mass is 35.5. The van der Waals surface area contributed by atoms with E-state index in [2.05, 4.69) is 18.3 Å². The van der Waals surface area contributed by atoms with Gasteiger partial charge < -0.3 is 20.7 Å². The first kappa shape index (κ1) is 26.3. The molecule has 186 valence electrons. The molecular formula is C27H44ClN3O2. The van der Waals surface area contributed by atoms with E-state index in [1.165, 1.54) is 32.1 Å². The molecule has 0 spiro atoms. The van der Waals surface area contributed by atoms with E-state index in [0.29, 0.717) is 18.2 Å². The van der Waals surface area contributed by atoms with Crippen molar-refractivity contribution in [2.24, 2.45) is 17.6 Å². The number of nitrogens with one attached hydrogen (secondary N) is 1. The molecule has 0 aromatic heterocycles. The third kappa shape index (κ3) is 8.45. The van der Waals surface area contributed by atoms with Crippen LogP contribution in [0.5, 0.6) is 0 Å². The summed E-state index contributed by atoms with van der Waals surface area (Å²) in [6, 6.07) is 8.23. The molecule has 0 radical (unpaired) electrons. The molecule has 2 fully saturated rings. The Morgan fingerprint density at radius 2 is 2.03 bits per heavy atom. The number of halogens is 1. The second-order valence-corrected chi connectivity index (χ2v) is 10.7. The van der Waals surface area contributed by atoms with Crippen molar-refractivity contribution in [1.82, 2.24) is 10.2 Å². The lowest BCUT2D eigenvalue weighted by molar-refractivity contribution is -0.0145. The van der Waals surface area contributed by atoms with Crippen LogP contribution in [0.2, 0.25) is 5.02 Å². The van der Waals surface area contributed by atoms with E-state index in [-0.39, 0.29) is 30.1 Å².